The topological polar surface area (TPSA) is 41.5 Å². The molecule has 0 radical (unpaired) electrons. The summed E-state index contributed by atoms with van der Waals surface area (Å²) in [5, 5.41) is 13.6. The first-order chi connectivity index (χ1) is 7.79. The van der Waals surface area contributed by atoms with E-state index in [-0.39, 0.29) is 6.10 Å². The quantitative estimate of drug-likeness (QED) is 0.773. The molecule has 0 aromatic carbocycles. The van der Waals surface area contributed by atoms with Crippen LogP contribution >= 0.6 is 0 Å². The van der Waals surface area contributed by atoms with E-state index < -0.39 is 0 Å². The lowest BCUT2D eigenvalue weighted by molar-refractivity contribution is 0.0415. The van der Waals surface area contributed by atoms with Crippen molar-refractivity contribution < 1.29 is 9.84 Å². The van der Waals surface area contributed by atoms with Crippen molar-refractivity contribution >= 4 is 0 Å². The average Bonchev–Trinajstić information content (AvgIpc) is 2.32. The first kappa shape index (κ1) is 12.3. The second-order valence-electron chi connectivity index (χ2n) is 5.35. The lowest BCUT2D eigenvalue weighted by atomic mass is 9.88. The van der Waals surface area contributed by atoms with E-state index in [9.17, 15) is 5.11 Å². The molecule has 2 fully saturated rings. The van der Waals surface area contributed by atoms with Crippen molar-refractivity contribution in [3.8, 4) is 0 Å². The predicted molar refractivity (Wildman–Crippen MR) is 64.5 cm³/mol. The number of nitrogens with one attached hydrogen (secondary N) is 1. The number of aliphatic hydroxyl groups is 1. The predicted octanol–water partition coefficient (Wildman–Crippen LogP) is 1.84. The third-order valence-corrected chi connectivity index (χ3v) is 4.14. The lowest BCUT2D eigenvalue weighted by Gasteiger charge is -2.35. The van der Waals surface area contributed by atoms with Gasteiger partial charge in [-0.15, -0.1) is 0 Å². The van der Waals surface area contributed by atoms with Gasteiger partial charge in [0.2, 0.25) is 0 Å². The van der Waals surface area contributed by atoms with Crippen LogP contribution in [-0.4, -0.2) is 36.5 Å². The maximum atomic E-state index is 9.93. The molecule has 0 aromatic rings. The maximum Gasteiger partial charge on any atom is 0.0693 e. The van der Waals surface area contributed by atoms with Crippen molar-refractivity contribution in [2.24, 2.45) is 0 Å². The van der Waals surface area contributed by atoms with Gasteiger partial charge in [0.05, 0.1) is 12.2 Å². The molecule has 2 saturated carbocycles. The Balaban J connectivity index is 1.79. The summed E-state index contributed by atoms with van der Waals surface area (Å²) in [7, 11) is 1.81. The van der Waals surface area contributed by atoms with Crippen molar-refractivity contribution in [1.82, 2.24) is 5.32 Å². The molecule has 0 saturated heterocycles. The summed E-state index contributed by atoms with van der Waals surface area (Å²) >= 11 is 0. The summed E-state index contributed by atoms with van der Waals surface area (Å²) in [6.07, 6.45) is 9.64. The van der Waals surface area contributed by atoms with Gasteiger partial charge in [0.15, 0.2) is 0 Å². The minimum absolute atomic E-state index is 0.128. The second-order valence-corrected chi connectivity index (χ2v) is 5.35. The first-order valence-corrected chi connectivity index (χ1v) is 6.76. The summed E-state index contributed by atoms with van der Waals surface area (Å²) in [6.45, 7) is 0. The average molecular weight is 227 g/mol. The molecule has 2 aliphatic rings. The fraction of sp³-hybridized carbons (Fsp3) is 1.00. The van der Waals surface area contributed by atoms with Gasteiger partial charge in [-0.1, -0.05) is 12.8 Å². The van der Waals surface area contributed by atoms with Crippen LogP contribution in [0.3, 0.4) is 0 Å². The van der Waals surface area contributed by atoms with Gasteiger partial charge in [0.25, 0.3) is 0 Å². The van der Waals surface area contributed by atoms with Gasteiger partial charge < -0.3 is 15.2 Å². The number of aliphatic hydroxyl groups excluding tert-OH is 1. The Hall–Kier alpha value is -0.120. The number of hydrogen-bond donors (Lipinski definition) is 2. The van der Waals surface area contributed by atoms with E-state index in [1.807, 2.05) is 7.11 Å². The fourth-order valence-electron chi connectivity index (χ4n) is 3.12. The third-order valence-electron chi connectivity index (χ3n) is 4.14. The lowest BCUT2D eigenvalue weighted by Crippen LogP contribution is -2.49. The first-order valence-electron chi connectivity index (χ1n) is 6.76. The fourth-order valence-corrected chi connectivity index (χ4v) is 3.12. The van der Waals surface area contributed by atoms with Crippen LogP contribution in [0.2, 0.25) is 0 Å². The maximum absolute atomic E-state index is 9.93. The van der Waals surface area contributed by atoms with Crippen LogP contribution in [0.1, 0.15) is 51.4 Å². The second kappa shape index (κ2) is 5.99. The van der Waals surface area contributed by atoms with E-state index >= 15 is 0 Å². The highest BCUT2D eigenvalue weighted by Gasteiger charge is 2.28. The van der Waals surface area contributed by atoms with Crippen molar-refractivity contribution in [1.29, 1.82) is 0 Å². The molecule has 4 unspecified atom stereocenters. The summed E-state index contributed by atoms with van der Waals surface area (Å²) in [5.41, 5.74) is 0. The van der Waals surface area contributed by atoms with E-state index in [2.05, 4.69) is 5.32 Å². The Bertz CT molecular complexity index is 210. The SMILES string of the molecule is COC1CCCC(NC2CCCCC2O)C1. The van der Waals surface area contributed by atoms with Crippen LogP contribution in [0.15, 0.2) is 0 Å². The Morgan fingerprint density at radius 1 is 1.06 bits per heavy atom. The smallest absolute Gasteiger partial charge is 0.0693 e. The number of methoxy groups -OCH3 is 1. The van der Waals surface area contributed by atoms with Crippen LogP contribution in [0.4, 0.5) is 0 Å². The van der Waals surface area contributed by atoms with Crippen molar-refractivity contribution in [2.75, 3.05) is 7.11 Å². The van der Waals surface area contributed by atoms with Crippen molar-refractivity contribution in [2.45, 2.75) is 75.7 Å². The minimum atomic E-state index is -0.128. The number of ether oxygens (including phenoxy) is 1. The van der Waals surface area contributed by atoms with E-state index in [0.29, 0.717) is 18.2 Å². The largest absolute Gasteiger partial charge is 0.392 e. The Labute approximate surface area is 98.6 Å². The number of rotatable bonds is 3. The molecular formula is C13H25NO2. The Morgan fingerprint density at radius 2 is 1.88 bits per heavy atom. The van der Waals surface area contributed by atoms with Gasteiger partial charge in [-0.05, 0) is 38.5 Å². The molecule has 0 aliphatic heterocycles. The Kier molecular flexibility index (Phi) is 4.62. The minimum Gasteiger partial charge on any atom is -0.392 e. The summed E-state index contributed by atoms with van der Waals surface area (Å²) in [6, 6.07) is 0.880. The molecule has 0 amide bonds. The molecule has 2 N–H and O–H groups in total. The highest BCUT2D eigenvalue weighted by Crippen LogP contribution is 2.24. The summed E-state index contributed by atoms with van der Waals surface area (Å²) < 4.78 is 5.43. The monoisotopic (exact) mass is 227 g/mol. The number of hydrogen-bond acceptors (Lipinski definition) is 3. The zero-order chi connectivity index (χ0) is 11.4. The Morgan fingerprint density at radius 3 is 2.62 bits per heavy atom. The van der Waals surface area contributed by atoms with Gasteiger partial charge in [-0.25, -0.2) is 0 Å². The van der Waals surface area contributed by atoms with Crippen LogP contribution in [0.25, 0.3) is 0 Å². The van der Waals surface area contributed by atoms with Gasteiger partial charge in [0.1, 0.15) is 0 Å². The molecule has 0 bridgehead atoms. The summed E-state index contributed by atoms with van der Waals surface area (Å²) in [5.74, 6) is 0. The summed E-state index contributed by atoms with van der Waals surface area (Å²) in [4.78, 5) is 0. The molecule has 0 aromatic heterocycles. The molecule has 3 nitrogen and oxygen atoms in total. The van der Waals surface area contributed by atoms with E-state index in [1.54, 1.807) is 0 Å². The van der Waals surface area contributed by atoms with Crippen LogP contribution in [-0.2, 0) is 4.74 Å². The zero-order valence-corrected chi connectivity index (χ0v) is 10.3. The molecule has 16 heavy (non-hydrogen) atoms. The van der Waals surface area contributed by atoms with Gasteiger partial charge in [0, 0.05) is 19.2 Å². The van der Waals surface area contributed by atoms with Gasteiger partial charge >= 0.3 is 0 Å². The van der Waals surface area contributed by atoms with E-state index in [4.69, 9.17) is 4.74 Å². The van der Waals surface area contributed by atoms with E-state index in [0.717, 1.165) is 19.3 Å². The normalized spacial score (nSPS) is 40.9. The zero-order valence-electron chi connectivity index (χ0n) is 10.3. The molecule has 3 heteroatoms. The standard InChI is InChI=1S/C13H25NO2/c1-16-11-6-4-5-10(9-11)14-12-7-2-3-8-13(12)15/h10-15H,2-9H2,1H3. The molecule has 2 rings (SSSR count). The molecule has 0 spiro atoms. The third kappa shape index (κ3) is 3.19. The molecule has 2 aliphatic carbocycles. The highest BCUT2D eigenvalue weighted by atomic mass is 16.5. The van der Waals surface area contributed by atoms with Crippen LogP contribution in [0.5, 0.6) is 0 Å². The van der Waals surface area contributed by atoms with Gasteiger partial charge in [-0.3, -0.25) is 0 Å². The van der Waals surface area contributed by atoms with Crippen LogP contribution < -0.4 is 5.32 Å². The molecule has 0 heterocycles. The molecule has 4 atom stereocenters. The molecular weight excluding hydrogens is 202 g/mol. The highest BCUT2D eigenvalue weighted by molar-refractivity contribution is 4.86. The van der Waals surface area contributed by atoms with Crippen molar-refractivity contribution in [3.63, 3.8) is 0 Å². The van der Waals surface area contributed by atoms with Gasteiger partial charge in [-0.2, -0.15) is 0 Å². The van der Waals surface area contributed by atoms with Crippen molar-refractivity contribution in [3.05, 3.63) is 0 Å². The van der Waals surface area contributed by atoms with E-state index in [1.165, 1.54) is 32.1 Å². The molecule has 94 valence electrons. The van der Waals surface area contributed by atoms with Crippen LogP contribution in [0, 0.1) is 0 Å².